The number of rotatable bonds is 7. The Bertz CT molecular complexity index is 514. The standard InChI is InChI=1S/C16H18O2S2/c17-19(13-11-15-7-3-1-4-8-15)20(18)14-12-16-9-5-2-6-10-16/h1-10H,11-14H2. The first kappa shape index (κ1) is 15.1. The van der Waals surface area contributed by atoms with Crippen LogP contribution in [0.5, 0.6) is 0 Å². The van der Waals surface area contributed by atoms with E-state index < -0.39 is 19.7 Å². The highest BCUT2D eigenvalue weighted by atomic mass is 33.1. The van der Waals surface area contributed by atoms with E-state index in [1.54, 1.807) is 0 Å². The van der Waals surface area contributed by atoms with Gasteiger partial charge >= 0.3 is 0 Å². The number of benzene rings is 2. The van der Waals surface area contributed by atoms with E-state index in [0.717, 1.165) is 11.1 Å². The van der Waals surface area contributed by atoms with Crippen LogP contribution in [0.2, 0.25) is 0 Å². The fourth-order valence-corrected chi connectivity index (χ4v) is 4.67. The first-order valence-corrected chi connectivity index (χ1v) is 9.76. The number of hydrogen-bond donors (Lipinski definition) is 0. The lowest BCUT2D eigenvalue weighted by molar-refractivity contribution is 0.676. The van der Waals surface area contributed by atoms with Crippen molar-refractivity contribution in [1.82, 2.24) is 0 Å². The molecule has 2 unspecified atom stereocenters. The molecule has 0 spiro atoms. The van der Waals surface area contributed by atoms with Gasteiger partial charge < -0.3 is 0 Å². The van der Waals surface area contributed by atoms with Crippen molar-refractivity contribution in [1.29, 1.82) is 0 Å². The van der Waals surface area contributed by atoms with Crippen LogP contribution in [0, 0.1) is 0 Å². The molecule has 4 heteroatoms. The zero-order chi connectivity index (χ0) is 14.2. The van der Waals surface area contributed by atoms with Crippen molar-refractivity contribution in [3.05, 3.63) is 71.8 Å². The SMILES string of the molecule is O=S(CCc1ccccc1)S(=O)CCc1ccccc1. The molecule has 2 aromatic carbocycles. The Hall–Kier alpha value is -1.26. The van der Waals surface area contributed by atoms with E-state index in [9.17, 15) is 8.42 Å². The summed E-state index contributed by atoms with van der Waals surface area (Å²) in [6.07, 6.45) is 1.43. The predicted octanol–water partition coefficient (Wildman–Crippen LogP) is 2.88. The van der Waals surface area contributed by atoms with Gasteiger partial charge in [0.2, 0.25) is 0 Å². The van der Waals surface area contributed by atoms with Gasteiger partial charge in [-0.25, -0.2) is 8.42 Å². The van der Waals surface area contributed by atoms with E-state index in [0.29, 0.717) is 24.3 Å². The van der Waals surface area contributed by atoms with Gasteiger partial charge in [0.1, 0.15) is 19.7 Å². The second-order valence-electron chi connectivity index (χ2n) is 4.49. The summed E-state index contributed by atoms with van der Waals surface area (Å²) in [6.45, 7) is 0. The molecule has 0 aliphatic heterocycles. The third-order valence-corrected chi connectivity index (χ3v) is 6.74. The Kier molecular flexibility index (Phi) is 6.15. The Morgan fingerprint density at radius 1 is 0.600 bits per heavy atom. The van der Waals surface area contributed by atoms with Crippen LogP contribution >= 0.6 is 0 Å². The van der Waals surface area contributed by atoms with Crippen LogP contribution in [-0.4, -0.2) is 19.9 Å². The van der Waals surface area contributed by atoms with Crippen molar-refractivity contribution in [3.63, 3.8) is 0 Å². The molecule has 106 valence electrons. The molecule has 2 nitrogen and oxygen atoms in total. The summed E-state index contributed by atoms with van der Waals surface area (Å²) in [7, 11) is -2.53. The highest BCUT2D eigenvalue weighted by Gasteiger charge is 2.10. The topological polar surface area (TPSA) is 34.1 Å². The molecule has 0 fully saturated rings. The predicted molar refractivity (Wildman–Crippen MR) is 86.3 cm³/mol. The molecule has 0 aliphatic carbocycles. The molecule has 0 radical (unpaired) electrons. The van der Waals surface area contributed by atoms with Crippen molar-refractivity contribution < 1.29 is 8.42 Å². The summed E-state index contributed by atoms with van der Waals surface area (Å²) in [5, 5.41) is 0. The average Bonchev–Trinajstić information content (AvgIpc) is 2.52. The van der Waals surface area contributed by atoms with Crippen LogP contribution in [-0.2, 0) is 32.5 Å². The maximum atomic E-state index is 11.9. The van der Waals surface area contributed by atoms with Gasteiger partial charge in [-0.2, -0.15) is 0 Å². The second kappa shape index (κ2) is 8.12. The summed E-state index contributed by atoms with van der Waals surface area (Å²) in [5.74, 6) is 0.927. The highest BCUT2D eigenvalue weighted by Crippen LogP contribution is 2.05. The Morgan fingerprint density at radius 2 is 0.950 bits per heavy atom. The molecule has 2 rings (SSSR count). The Morgan fingerprint density at radius 3 is 1.30 bits per heavy atom. The summed E-state index contributed by atoms with van der Waals surface area (Å²) < 4.78 is 23.9. The van der Waals surface area contributed by atoms with E-state index >= 15 is 0 Å². The van der Waals surface area contributed by atoms with Crippen molar-refractivity contribution in [2.24, 2.45) is 0 Å². The zero-order valence-corrected chi connectivity index (χ0v) is 12.9. The third-order valence-electron chi connectivity index (χ3n) is 3.01. The number of hydrogen-bond acceptors (Lipinski definition) is 2. The van der Waals surface area contributed by atoms with E-state index in [-0.39, 0.29) is 0 Å². The van der Waals surface area contributed by atoms with Crippen LogP contribution in [0.15, 0.2) is 60.7 Å². The number of aryl methyl sites for hydroxylation is 2. The highest BCUT2D eigenvalue weighted by molar-refractivity contribution is 8.61. The van der Waals surface area contributed by atoms with E-state index in [1.807, 2.05) is 60.7 Å². The molecule has 2 aromatic rings. The minimum Gasteiger partial charge on any atom is -0.245 e. The summed E-state index contributed by atoms with van der Waals surface area (Å²) in [5.41, 5.74) is 2.28. The van der Waals surface area contributed by atoms with Gasteiger partial charge in [0.05, 0.1) is 0 Å². The molecular formula is C16H18O2S2. The van der Waals surface area contributed by atoms with Crippen LogP contribution in [0.25, 0.3) is 0 Å². The summed E-state index contributed by atoms with van der Waals surface area (Å²) in [4.78, 5) is 0. The lowest BCUT2D eigenvalue weighted by atomic mass is 10.2. The van der Waals surface area contributed by atoms with Crippen molar-refractivity contribution in [2.45, 2.75) is 12.8 Å². The normalized spacial score (nSPS) is 13.8. The van der Waals surface area contributed by atoms with E-state index in [2.05, 4.69) is 0 Å². The molecule has 0 aromatic heterocycles. The van der Waals surface area contributed by atoms with Crippen LogP contribution < -0.4 is 0 Å². The van der Waals surface area contributed by atoms with Gasteiger partial charge in [-0.05, 0) is 24.0 Å². The molecule has 0 saturated heterocycles. The van der Waals surface area contributed by atoms with Crippen molar-refractivity contribution in [3.8, 4) is 0 Å². The van der Waals surface area contributed by atoms with Gasteiger partial charge in [-0.3, -0.25) is 0 Å². The molecular weight excluding hydrogens is 288 g/mol. The summed E-state index contributed by atoms with van der Waals surface area (Å²) >= 11 is 0. The monoisotopic (exact) mass is 306 g/mol. The van der Waals surface area contributed by atoms with Crippen LogP contribution in [0.3, 0.4) is 0 Å². The van der Waals surface area contributed by atoms with Gasteiger partial charge in [0.25, 0.3) is 0 Å². The molecule has 0 N–H and O–H groups in total. The van der Waals surface area contributed by atoms with Gasteiger partial charge in [-0.1, -0.05) is 60.7 Å². The minimum atomic E-state index is -1.27. The van der Waals surface area contributed by atoms with Crippen LogP contribution in [0.4, 0.5) is 0 Å². The second-order valence-corrected chi connectivity index (χ2v) is 8.75. The maximum Gasteiger partial charge on any atom is 0.111 e. The van der Waals surface area contributed by atoms with Gasteiger partial charge in [-0.15, -0.1) is 0 Å². The Labute approximate surface area is 124 Å². The van der Waals surface area contributed by atoms with Crippen molar-refractivity contribution >= 4 is 19.7 Å². The lowest BCUT2D eigenvalue weighted by Crippen LogP contribution is -2.11. The third kappa shape index (κ3) is 5.02. The molecule has 0 aliphatic rings. The largest absolute Gasteiger partial charge is 0.245 e. The molecule has 0 bridgehead atoms. The molecule has 0 saturated carbocycles. The quantitative estimate of drug-likeness (QED) is 0.737. The van der Waals surface area contributed by atoms with Crippen molar-refractivity contribution in [2.75, 3.05) is 11.5 Å². The molecule has 2 atom stereocenters. The molecule has 0 amide bonds. The minimum absolute atomic E-state index is 0.464. The fourth-order valence-electron chi connectivity index (χ4n) is 1.88. The summed E-state index contributed by atoms with van der Waals surface area (Å²) in [6, 6.07) is 19.8. The first-order chi connectivity index (χ1) is 9.75. The van der Waals surface area contributed by atoms with Gasteiger partial charge in [0.15, 0.2) is 0 Å². The maximum absolute atomic E-state index is 11.9. The Balaban J connectivity index is 1.76. The van der Waals surface area contributed by atoms with Crippen LogP contribution in [0.1, 0.15) is 11.1 Å². The molecule has 20 heavy (non-hydrogen) atoms. The van der Waals surface area contributed by atoms with E-state index in [1.165, 1.54) is 0 Å². The first-order valence-electron chi connectivity index (χ1n) is 6.61. The zero-order valence-electron chi connectivity index (χ0n) is 11.2. The molecule has 0 heterocycles. The van der Waals surface area contributed by atoms with E-state index in [4.69, 9.17) is 0 Å². The lowest BCUT2D eigenvalue weighted by Gasteiger charge is -2.03. The smallest absolute Gasteiger partial charge is 0.111 e. The fraction of sp³-hybridized carbons (Fsp3) is 0.250. The van der Waals surface area contributed by atoms with Gasteiger partial charge in [0, 0.05) is 11.5 Å². The average molecular weight is 306 g/mol.